The van der Waals surface area contributed by atoms with Crippen LogP contribution in [0.15, 0.2) is 30.5 Å². The van der Waals surface area contributed by atoms with Crippen molar-refractivity contribution in [1.82, 2.24) is 4.98 Å². The minimum Gasteiger partial charge on any atom is -0.507 e. The summed E-state index contributed by atoms with van der Waals surface area (Å²) in [6.45, 7) is 0. The molecule has 2 aromatic rings. The van der Waals surface area contributed by atoms with Gasteiger partial charge in [0, 0.05) is 17.1 Å². The number of aliphatic carboxylic acids is 1. The first-order chi connectivity index (χ1) is 7.18. The van der Waals surface area contributed by atoms with Gasteiger partial charge in [0.1, 0.15) is 5.75 Å². The second-order valence-corrected chi connectivity index (χ2v) is 3.21. The predicted molar refractivity (Wildman–Crippen MR) is 54.7 cm³/mol. The normalized spacial score (nSPS) is 10.4. The van der Waals surface area contributed by atoms with Crippen molar-refractivity contribution in [2.24, 2.45) is 0 Å². The zero-order valence-electron chi connectivity index (χ0n) is 7.84. The van der Waals surface area contributed by atoms with E-state index in [-0.39, 0.29) is 12.2 Å². The van der Waals surface area contributed by atoms with Gasteiger partial charge in [0.2, 0.25) is 0 Å². The van der Waals surface area contributed by atoms with Crippen LogP contribution in [0.5, 0.6) is 5.75 Å². The Morgan fingerprint density at radius 3 is 2.87 bits per heavy atom. The van der Waals surface area contributed by atoms with Gasteiger partial charge in [-0.3, -0.25) is 9.78 Å². The summed E-state index contributed by atoms with van der Waals surface area (Å²) in [4.78, 5) is 14.6. The SMILES string of the molecule is O=C(O)Cc1ccc2ncccc2c1O. The van der Waals surface area contributed by atoms with Gasteiger partial charge in [-0.05, 0) is 18.2 Å². The van der Waals surface area contributed by atoms with Crippen LogP contribution >= 0.6 is 0 Å². The zero-order valence-corrected chi connectivity index (χ0v) is 7.84. The second-order valence-electron chi connectivity index (χ2n) is 3.21. The number of carboxylic acid groups (broad SMARTS) is 1. The highest BCUT2D eigenvalue weighted by molar-refractivity contribution is 5.87. The molecule has 76 valence electrons. The van der Waals surface area contributed by atoms with Gasteiger partial charge < -0.3 is 10.2 Å². The minimum atomic E-state index is -0.964. The number of aromatic hydroxyl groups is 1. The standard InChI is InChI=1S/C11H9NO3/c13-10(14)6-7-3-4-9-8(11(7)15)2-1-5-12-9/h1-5,15H,6H2,(H,13,14). The Labute approximate surface area is 85.8 Å². The molecule has 0 bridgehead atoms. The molecule has 2 rings (SSSR count). The van der Waals surface area contributed by atoms with Gasteiger partial charge in [0.25, 0.3) is 0 Å². The van der Waals surface area contributed by atoms with E-state index in [2.05, 4.69) is 4.98 Å². The smallest absolute Gasteiger partial charge is 0.307 e. The topological polar surface area (TPSA) is 70.4 Å². The summed E-state index contributed by atoms with van der Waals surface area (Å²) in [6.07, 6.45) is 1.44. The van der Waals surface area contributed by atoms with Gasteiger partial charge in [0.05, 0.1) is 11.9 Å². The molecule has 1 heterocycles. The Balaban J connectivity index is 2.59. The lowest BCUT2D eigenvalue weighted by molar-refractivity contribution is -0.136. The molecule has 15 heavy (non-hydrogen) atoms. The number of carboxylic acids is 1. The van der Waals surface area contributed by atoms with Crippen molar-refractivity contribution < 1.29 is 15.0 Å². The number of fused-ring (bicyclic) bond motifs is 1. The van der Waals surface area contributed by atoms with Crippen LogP contribution in [0.25, 0.3) is 10.9 Å². The van der Waals surface area contributed by atoms with Crippen LogP contribution in [0.2, 0.25) is 0 Å². The fraction of sp³-hybridized carbons (Fsp3) is 0.0909. The molecular formula is C11H9NO3. The molecule has 0 amide bonds. The van der Waals surface area contributed by atoms with E-state index in [9.17, 15) is 9.90 Å². The van der Waals surface area contributed by atoms with Crippen molar-refractivity contribution in [2.45, 2.75) is 6.42 Å². The number of carbonyl (C=O) groups is 1. The Hall–Kier alpha value is -2.10. The summed E-state index contributed by atoms with van der Waals surface area (Å²) in [5.74, 6) is -0.962. The number of benzene rings is 1. The van der Waals surface area contributed by atoms with Crippen LogP contribution in [-0.4, -0.2) is 21.2 Å². The fourth-order valence-corrected chi connectivity index (χ4v) is 1.49. The third-order valence-corrected chi connectivity index (χ3v) is 2.18. The molecule has 2 N–H and O–H groups in total. The zero-order chi connectivity index (χ0) is 10.8. The van der Waals surface area contributed by atoms with Gasteiger partial charge >= 0.3 is 5.97 Å². The number of aromatic nitrogens is 1. The van der Waals surface area contributed by atoms with E-state index in [1.54, 1.807) is 30.5 Å². The van der Waals surface area contributed by atoms with E-state index in [1.807, 2.05) is 0 Å². The minimum absolute atomic E-state index is 0.00278. The van der Waals surface area contributed by atoms with Crippen molar-refractivity contribution >= 4 is 16.9 Å². The van der Waals surface area contributed by atoms with Crippen LogP contribution in [-0.2, 0) is 11.2 Å². The highest BCUT2D eigenvalue weighted by Gasteiger charge is 2.09. The highest BCUT2D eigenvalue weighted by atomic mass is 16.4. The molecule has 0 unspecified atom stereocenters. The van der Waals surface area contributed by atoms with E-state index >= 15 is 0 Å². The molecule has 0 atom stereocenters. The third-order valence-electron chi connectivity index (χ3n) is 2.18. The van der Waals surface area contributed by atoms with Crippen molar-refractivity contribution in [3.05, 3.63) is 36.0 Å². The molecule has 0 saturated carbocycles. The average Bonchev–Trinajstić information content (AvgIpc) is 2.22. The van der Waals surface area contributed by atoms with Gasteiger partial charge in [0.15, 0.2) is 0 Å². The number of phenolic OH excluding ortho intramolecular Hbond substituents is 1. The number of hydrogen-bond acceptors (Lipinski definition) is 3. The Kier molecular flexibility index (Phi) is 2.25. The summed E-state index contributed by atoms with van der Waals surface area (Å²) in [7, 11) is 0. The maximum atomic E-state index is 10.5. The molecule has 0 fully saturated rings. The van der Waals surface area contributed by atoms with E-state index in [0.717, 1.165) is 0 Å². The van der Waals surface area contributed by atoms with Gasteiger partial charge in [-0.15, -0.1) is 0 Å². The lowest BCUT2D eigenvalue weighted by Gasteiger charge is -2.04. The van der Waals surface area contributed by atoms with E-state index in [1.165, 1.54) is 0 Å². The van der Waals surface area contributed by atoms with Gasteiger partial charge in [-0.1, -0.05) is 6.07 Å². The maximum absolute atomic E-state index is 10.5. The van der Waals surface area contributed by atoms with Crippen LogP contribution in [0, 0.1) is 0 Å². The molecule has 4 heteroatoms. The molecule has 0 spiro atoms. The molecule has 0 saturated heterocycles. The fourth-order valence-electron chi connectivity index (χ4n) is 1.49. The lowest BCUT2D eigenvalue weighted by Crippen LogP contribution is -2.00. The highest BCUT2D eigenvalue weighted by Crippen LogP contribution is 2.27. The molecule has 4 nitrogen and oxygen atoms in total. The molecule has 0 aliphatic heterocycles. The largest absolute Gasteiger partial charge is 0.507 e. The quantitative estimate of drug-likeness (QED) is 0.777. The first-order valence-corrected chi connectivity index (χ1v) is 4.46. The lowest BCUT2D eigenvalue weighted by atomic mass is 10.1. The maximum Gasteiger partial charge on any atom is 0.307 e. The number of nitrogens with zero attached hydrogens (tertiary/aromatic N) is 1. The molecule has 0 aliphatic carbocycles. The molecule has 0 aliphatic rings. The molecular weight excluding hydrogens is 194 g/mol. The van der Waals surface area contributed by atoms with E-state index in [0.29, 0.717) is 16.5 Å². The summed E-state index contributed by atoms with van der Waals surface area (Å²) in [5.41, 5.74) is 1.06. The van der Waals surface area contributed by atoms with Crippen molar-refractivity contribution in [3.63, 3.8) is 0 Å². The van der Waals surface area contributed by atoms with Crippen molar-refractivity contribution in [2.75, 3.05) is 0 Å². The van der Waals surface area contributed by atoms with Crippen LogP contribution in [0.1, 0.15) is 5.56 Å². The number of hydrogen-bond donors (Lipinski definition) is 2. The Morgan fingerprint density at radius 1 is 1.33 bits per heavy atom. The Morgan fingerprint density at radius 2 is 2.13 bits per heavy atom. The summed E-state index contributed by atoms with van der Waals surface area (Å²) in [6, 6.07) is 6.70. The molecule has 1 aromatic carbocycles. The average molecular weight is 203 g/mol. The van der Waals surface area contributed by atoms with Crippen LogP contribution < -0.4 is 0 Å². The summed E-state index contributed by atoms with van der Waals surface area (Å²) >= 11 is 0. The molecule has 1 aromatic heterocycles. The first-order valence-electron chi connectivity index (χ1n) is 4.46. The monoisotopic (exact) mass is 203 g/mol. The van der Waals surface area contributed by atoms with Crippen molar-refractivity contribution in [1.29, 1.82) is 0 Å². The number of rotatable bonds is 2. The van der Waals surface area contributed by atoms with E-state index < -0.39 is 5.97 Å². The number of phenols is 1. The third kappa shape index (κ3) is 1.74. The predicted octanol–water partition coefficient (Wildman–Crippen LogP) is 1.57. The van der Waals surface area contributed by atoms with Crippen LogP contribution in [0.3, 0.4) is 0 Å². The van der Waals surface area contributed by atoms with Gasteiger partial charge in [-0.25, -0.2) is 0 Å². The van der Waals surface area contributed by atoms with Crippen molar-refractivity contribution in [3.8, 4) is 5.75 Å². The summed E-state index contributed by atoms with van der Waals surface area (Å²) in [5, 5.41) is 19.0. The van der Waals surface area contributed by atoms with Gasteiger partial charge in [-0.2, -0.15) is 0 Å². The second kappa shape index (κ2) is 3.57. The molecule has 0 radical (unpaired) electrons. The van der Waals surface area contributed by atoms with E-state index in [4.69, 9.17) is 5.11 Å². The van der Waals surface area contributed by atoms with Crippen LogP contribution in [0.4, 0.5) is 0 Å². The first kappa shape index (κ1) is 9.45. The summed E-state index contributed by atoms with van der Waals surface area (Å²) < 4.78 is 0. The Bertz CT molecular complexity index is 522. The number of pyridine rings is 1.